The summed E-state index contributed by atoms with van der Waals surface area (Å²) in [5.41, 5.74) is 5.11. The van der Waals surface area contributed by atoms with Crippen molar-refractivity contribution in [3.05, 3.63) is 64.3 Å². The number of hydrogen-bond donors (Lipinski definition) is 2. The van der Waals surface area contributed by atoms with Gasteiger partial charge < -0.3 is 5.32 Å². The first-order valence-corrected chi connectivity index (χ1v) is 7.48. The molecule has 5 heteroatoms. The van der Waals surface area contributed by atoms with E-state index in [0.717, 1.165) is 27.1 Å². The zero-order valence-electron chi connectivity index (χ0n) is 11.6. The van der Waals surface area contributed by atoms with Crippen molar-refractivity contribution in [3.8, 4) is 11.3 Å². The number of aromatic amines is 1. The zero-order chi connectivity index (χ0) is 14.7. The van der Waals surface area contributed by atoms with Crippen LogP contribution in [0.1, 0.15) is 11.3 Å². The SMILES string of the molecule is Cc1ccc(Br)c(NCc2n[nH]nc2-c2ccccc2)c1. The molecule has 3 aromatic rings. The van der Waals surface area contributed by atoms with E-state index in [1.54, 1.807) is 0 Å². The molecule has 0 aliphatic heterocycles. The van der Waals surface area contributed by atoms with Gasteiger partial charge in [0.05, 0.1) is 6.54 Å². The molecule has 0 radical (unpaired) electrons. The van der Waals surface area contributed by atoms with Crippen molar-refractivity contribution in [1.29, 1.82) is 0 Å². The van der Waals surface area contributed by atoms with Crippen LogP contribution in [0.15, 0.2) is 53.0 Å². The Hall–Kier alpha value is -2.14. The molecule has 0 saturated heterocycles. The van der Waals surface area contributed by atoms with Crippen molar-refractivity contribution in [2.75, 3.05) is 5.32 Å². The molecule has 2 N–H and O–H groups in total. The highest BCUT2D eigenvalue weighted by Gasteiger charge is 2.10. The molecule has 0 atom stereocenters. The lowest BCUT2D eigenvalue weighted by molar-refractivity contribution is 0.911. The molecule has 1 aromatic heterocycles. The van der Waals surface area contributed by atoms with Crippen molar-refractivity contribution in [3.63, 3.8) is 0 Å². The average molecular weight is 343 g/mol. The fourth-order valence-electron chi connectivity index (χ4n) is 2.16. The summed E-state index contributed by atoms with van der Waals surface area (Å²) in [6.45, 7) is 2.69. The van der Waals surface area contributed by atoms with E-state index in [4.69, 9.17) is 0 Å². The summed E-state index contributed by atoms with van der Waals surface area (Å²) in [6, 6.07) is 16.3. The Labute approximate surface area is 131 Å². The minimum atomic E-state index is 0.614. The van der Waals surface area contributed by atoms with Gasteiger partial charge in [-0.15, -0.1) is 0 Å². The Balaban J connectivity index is 1.81. The van der Waals surface area contributed by atoms with Gasteiger partial charge in [-0.2, -0.15) is 15.4 Å². The first kappa shape index (κ1) is 13.8. The number of anilines is 1. The van der Waals surface area contributed by atoms with Gasteiger partial charge in [0, 0.05) is 15.7 Å². The van der Waals surface area contributed by atoms with Gasteiger partial charge in [-0.1, -0.05) is 36.4 Å². The Kier molecular flexibility index (Phi) is 4.01. The van der Waals surface area contributed by atoms with Crippen molar-refractivity contribution in [2.45, 2.75) is 13.5 Å². The lowest BCUT2D eigenvalue weighted by Crippen LogP contribution is -2.02. The molecule has 1 heterocycles. The molecule has 0 saturated carbocycles. The third kappa shape index (κ3) is 3.13. The lowest BCUT2D eigenvalue weighted by atomic mass is 10.1. The van der Waals surface area contributed by atoms with E-state index in [9.17, 15) is 0 Å². The van der Waals surface area contributed by atoms with Crippen LogP contribution in [0.4, 0.5) is 5.69 Å². The predicted molar refractivity (Wildman–Crippen MR) is 88.0 cm³/mol. The number of aryl methyl sites for hydroxylation is 1. The number of hydrogen-bond acceptors (Lipinski definition) is 3. The maximum Gasteiger partial charge on any atom is 0.117 e. The second-order valence-electron chi connectivity index (χ2n) is 4.82. The van der Waals surface area contributed by atoms with Crippen LogP contribution in [0.25, 0.3) is 11.3 Å². The molecule has 4 nitrogen and oxygen atoms in total. The van der Waals surface area contributed by atoms with Gasteiger partial charge in [-0.05, 0) is 40.5 Å². The molecule has 0 amide bonds. The average Bonchev–Trinajstić information content (AvgIpc) is 2.97. The van der Waals surface area contributed by atoms with E-state index in [0.29, 0.717) is 6.54 Å². The number of nitrogens with one attached hydrogen (secondary N) is 2. The fraction of sp³-hybridized carbons (Fsp3) is 0.125. The van der Waals surface area contributed by atoms with Crippen LogP contribution in [0.2, 0.25) is 0 Å². The number of rotatable bonds is 4. The number of aromatic nitrogens is 3. The van der Waals surface area contributed by atoms with Gasteiger partial charge in [-0.3, -0.25) is 0 Å². The van der Waals surface area contributed by atoms with Crippen LogP contribution in [-0.2, 0) is 6.54 Å². The third-order valence-corrected chi connectivity index (χ3v) is 3.93. The van der Waals surface area contributed by atoms with Crippen molar-refractivity contribution in [1.82, 2.24) is 15.4 Å². The molecule has 0 aliphatic rings. The monoisotopic (exact) mass is 342 g/mol. The highest BCUT2D eigenvalue weighted by Crippen LogP contribution is 2.25. The van der Waals surface area contributed by atoms with E-state index in [-0.39, 0.29) is 0 Å². The topological polar surface area (TPSA) is 53.6 Å². The Morgan fingerprint density at radius 3 is 2.71 bits per heavy atom. The molecular weight excluding hydrogens is 328 g/mol. The van der Waals surface area contributed by atoms with E-state index in [2.05, 4.69) is 55.7 Å². The van der Waals surface area contributed by atoms with Gasteiger partial charge in [0.1, 0.15) is 11.4 Å². The summed E-state index contributed by atoms with van der Waals surface area (Å²) in [7, 11) is 0. The van der Waals surface area contributed by atoms with Crippen molar-refractivity contribution in [2.24, 2.45) is 0 Å². The molecule has 2 aromatic carbocycles. The van der Waals surface area contributed by atoms with Crippen LogP contribution in [0.3, 0.4) is 0 Å². The minimum Gasteiger partial charge on any atom is -0.378 e. The van der Waals surface area contributed by atoms with E-state index in [1.165, 1.54) is 5.56 Å². The largest absolute Gasteiger partial charge is 0.378 e. The summed E-state index contributed by atoms with van der Waals surface area (Å²) in [5, 5.41) is 14.6. The van der Waals surface area contributed by atoms with Crippen LogP contribution in [-0.4, -0.2) is 15.4 Å². The molecule has 0 bridgehead atoms. The summed E-state index contributed by atoms with van der Waals surface area (Å²) in [6.07, 6.45) is 0. The van der Waals surface area contributed by atoms with Crippen LogP contribution < -0.4 is 5.32 Å². The minimum absolute atomic E-state index is 0.614. The quantitative estimate of drug-likeness (QED) is 0.748. The Bertz CT molecular complexity index is 737. The molecular formula is C16H15BrN4. The van der Waals surface area contributed by atoms with Crippen molar-refractivity contribution >= 4 is 21.6 Å². The lowest BCUT2D eigenvalue weighted by Gasteiger charge is -2.09. The summed E-state index contributed by atoms with van der Waals surface area (Å²) >= 11 is 3.55. The van der Waals surface area contributed by atoms with E-state index < -0.39 is 0 Å². The first-order chi connectivity index (χ1) is 10.2. The third-order valence-electron chi connectivity index (χ3n) is 3.24. The van der Waals surface area contributed by atoms with Gasteiger partial charge >= 0.3 is 0 Å². The molecule has 0 unspecified atom stereocenters. The first-order valence-electron chi connectivity index (χ1n) is 6.69. The van der Waals surface area contributed by atoms with Gasteiger partial charge in [-0.25, -0.2) is 0 Å². The maximum absolute atomic E-state index is 4.25. The predicted octanol–water partition coefficient (Wildman–Crippen LogP) is 4.15. The molecule has 21 heavy (non-hydrogen) atoms. The molecule has 0 spiro atoms. The second kappa shape index (κ2) is 6.10. The fourth-order valence-corrected chi connectivity index (χ4v) is 2.54. The smallest absolute Gasteiger partial charge is 0.117 e. The molecule has 0 fully saturated rings. The highest BCUT2D eigenvalue weighted by molar-refractivity contribution is 9.10. The van der Waals surface area contributed by atoms with Crippen molar-refractivity contribution < 1.29 is 0 Å². The Morgan fingerprint density at radius 1 is 1.10 bits per heavy atom. The summed E-state index contributed by atoms with van der Waals surface area (Å²) in [5.74, 6) is 0. The van der Waals surface area contributed by atoms with E-state index in [1.807, 2.05) is 36.4 Å². The van der Waals surface area contributed by atoms with E-state index >= 15 is 0 Å². The number of benzene rings is 2. The van der Waals surface area contributed by atoms with Crippen LogP contribution in [0.5, 0.6) is 0 Å². The normalized spacial score (nSPS) is 10.6. The highest BCUT2D eigenvalue weighted by atomic mass is 79.9. The van der Waals surface area contributed by atoms with Gasteiger partial charge in [0.15, 0.2) is 0 Å². The number of nitrogens with zero attached hydrogens (tertiary/aromatic N) is 2. The number of halogens is 1. The number of H-pyrrole nitrogens is 1. The Morgan fingerprint density at radius 2 is 1.90 bits per heavy atom. The zero-order valence-corrected chi connectivity index (χ0v) is 13.2. The molecule has 0 aliphatic carbocycles. The van der Waals surface area contributed by atoms with Gasteiger partial charge in [0.2, 0.25) is 0 Å². The van der Waals surface area contributed by atoms with Crippen LogP contribution >= 0.6 is 15.9 Å². The summed E-state index contributed by atoms with van der Waals surface area (Å²) in [4.78, 5) is 0. The summed E-state index contributed by atoms with van der Waals surface area (Å²) < 4.78 is 1.04. The van der Waals surface area contributed by atoms with Crippen LogP contribution in [0, 0.1) is 6.92 Å². The molecule has 106 valence electrons. The maximum atomic E-state index is 4.25. The standard InChI is InChI=1S/C16H15BrN4/c1-11-7-8-13(17)14(9-11)18-10-15-16(20-21-19-15)12-5-3-2-4-6-12/h2-9,18H,10H2,1H3,(H,19,20,21). The van der Waals surface area contributed by atoms with Gasteiger partial charge in [0.25, 0.3) is 0 Å². The molecule has 3 rings (SSSR count). The second-order valence-corrected chi connectivity index (χ2v) is 5.68.